The monoisotopic (exact) mass is 280 g/mol. The van der Waals surface area contributed by atoms with E-state index in [2.05, 4.69) is 31.9 Å². The molecule has 1 nitrogen and oxygen atoms in total. The van der Waals surface area contributed by atoms with Crippen LogP contribution in [0.25, 0.3) is 0 Å². The number of aromatic hydroxyl groups is 1. The van der Waals surface area contributed by atoms with Gasteiger partial charge in [0, 0.05) is 0 Å². The SMILES string of the molecule is C.Cc1cc(Br)c(O)c(Br)c1. The molecule has 1 rings (SSSR count). The standard InChI is InChI=1S/C7H6Br2O.CH4/c1-4-2-5(8)7(10)6(9)3-4;/h2-3,10H,1H3;1H4. The van der Waals surface area contributed by atoms with Crippen molar-refractivity contribution in [3.8, 4) is 5.75 Å². The Labute approximate surface area is 83.7 Å². The maximum Gasteiger partial charge on any atom is 0.143 e. The van der Waals surface area contributed by atoms with Crippen LogP contribution in [0.5, 0.6) is 5.75 Å². The van der Waals surface area contributed by atoms with E-state index in [0.29, 0.717) is 0 Å². The molecule has 62 valence electrons. The highest BCUT2D eigenvalue weighted by molar-refractivity contribution is 9.11. The lowest BCUT2D eigenvalue weighted by Gasteiger charge is -2.00. The third-order valence-corrected chi connectivity index (χ3v) is 2.37. The molecular formula is C8H10Br2O. The van der Waals surface area contributed by atoms with Gasteiger partial charge in [-0.1, -0.05) is 7.43 Å². The third-order valence-electron chi connectivity index (χ3n) is 1.16. The molecule has 0 spiro atoms. The van der Waals surface area contributed by atoms with E-state index in [-0.39, 0.29) is 13.2 Å². The Balaban J connectivity index is 0.000001000. The van der Waals surface area contributed by atoms with E-state index in [4.69, 9.17) is 0 Å². The summed E-state index contributed by atoms with van der Waals surface area (Å²) in [4.78, 5) is 0. The molecule has 0 radical (unpaired) electrons. The van der Waals surface area contributed by atoms with Crippen molar-refractivity contribution < 1.29 is 5.11 Å². The highest BCUT2D eigenvalue weighted by Gasteiger charge is 2.02. The van der Waals surface area contributed by atoms with Gasteiger partial charge in [-0.25, -0.2) is 0 Å². The van der Waals surface area contributed by atoms with E-state index >= 15 is 0 Å². The fourth-order valence-corrected chi connectivity index (χ4v) is 2.11. The number of phenols is 1. The van der Waals surface area contributed by atoms with E-state index in [0.717, 1.165) is 14.5 Å². The first-order valence-corrected chi connectivity index (χ1v) is 4.34. The average Bonchev–Trinajstić information content (AvgIpc) is 1.82. The minimum absolute atomic E-state index is 0. The Morgan fingerprint density at radius 2 is 1.55 bits per heavy atom. The summed E-state index contributed by atoms with van der Waals surface area (Å²) in [5, 5.41) is 9.24. The number of aryl methyl sites for hydroxylation is 1. The van der Waals surface area contributed by atoms with E-state index in [1.54, 1.807) is 0 Å². The van der Waals surface area contributed by atoms with Crippen LogP contribution in [0.1, 0.15) is 13.0 Å². The zero-order valence-corrected chi connectivity index (χ0v) is 8.53. The average molecular weight is 282 g/mol. The van der Waals surface area contributed by atoms with E-state index < -0.39 is 0 Å². The van der Waals surface area contributed by atoms with Crippen molar-refractivity contribution in [2.45, 2.75) is 14.4 Å². The van der Waals surface area contributed by atoms with Gasteiger partial charge in [0.15, 0.2) is 0 Å². The van der Waals surface area contributed by atoms with E-state index in [9.17, 15) is 5.11 Å². The molecule has 1 aromatic carbocycles. The smallest absolute Gasteiger partial charge is 0.143 e. The number of hydrogen-bond acceptors (Lipinski definition) is 1. The molecule has 0 aliphatic heterocycles. The Hall–Kier alpha value is -0.0200. The predicted molar refractivity (Wildman–Crippen MR) is 55.0 cm³/mol. The van der Waals surface area contributed by atoms with Crippen LogP contribution in [0.15, 0.2) is 21.1 Å². The molecule has 0 aliphatic rings. The van der Waals surface area contributed by atoms with Crippen LogP contribution < -0.4 is 0 Å². The molecule has 1 N–H and O–H groups in total. The van der Waals surface area contributed by atoms with Crippen LogP contribution in [-0.2, 0) is 0 Å². The Kier molecular flexibility index (Phi) is 4.11. The van der Waals surface area contributed by atoms with Crippen molar-refractivity contribution in [2.24, 2.45) is 0 Å². The second-order valence-corrected chi connectivity index (χ2v) is 3.79. The quantitative estimate of drug-likeness (QED) is 0.766. The molecule has 11 heavy (non-hydrogen) atoms. The van der Waals surface area contributed by atoms with Crippen LogP contribution in [-0.4, -0.2) is 5.11 Å². The van der Waals surface area contributed by atoms with Crippen molar-refractivity contribution in [2.75, 3.05) is 0 Å². The van der Waals surface area contributed by atoms with Crippen LogP contribution in [0.4, 0.5) is 0 Å². The van der Waals surface area contributed by atoms with Crippen molar-refractivity contribution in [3.05, 3.63) is 26.6 Å². The van der Waals surface area contributed by atoms with Crippen LogP contribution in [0.2, 0.25) is 0 Å². The summed E-state index contributed by atoms with van der Waals surface area (Å²) in [6, 6.07) is 3.72. The number of halogens is 2. The molecule has 0 aromatic heterocycles. The number of rotatable bonds is 0. The first kappa shape index (κ1) is 11.0. The summed E-state index contributed by atoms with van der Waals surface area (Å²) < 4.78 is 1.44. The molecule has 0 heterocycles. The molecule has 0 amide bonds. The van der Waals surface area contributed by atoms with Crippen molar-refractivity contribution in [1.82, 2.24) is 0 Å². The molecule has 0 atom stereocenters. The van der Waals surface area contributed by atoms with Gasteiger partial charge >= 0.3 is 0 Å². The van der Waals surface area contributed by atoms with Crippen LogP contribution in [0.3, 0.4) is 0 Å². The minimum atomic E-state index is 0. The zero-order chi connectivity index (χ0) is 7.72. The molecular weight excluding hydrogens is 272 g/mol. The van der Waals surface area contributed by atoms with Gasteiger partial charge in [-0.05, 0) is 56.5 Å². The number of benzene rings is 1. The van der Waals surface area contributed by atoms with Gasteiger partial charge < -0.3 is 5.11 Å². The van der Waals surface area contributed by atoms with Crippen LogP contribution >= 0.6 is 31.9 Å². The highest BCUT2D eigenvalue weighted by atomic mass is 79.9. The van der Waals surface area contributed by atoms with Gasteiger partial charge in [0.1, 0.15) is 5.75 Å². The lowest BCUT2D eigenvalue weighted by Crippen LogP contribution is -1.75. The van der Waals surface area contributed by atoms with E-state index in [1.807, 2.05) is 19.1 Å². The molecule has 1 aromatic rings. The summed E-state index contributed by atoms with van der Waals surface area (Å²) in [5.74, 6) is 0.255. The van der Waals surface area contributed by atoms with E-state index in [1.165, 1.54) is 0 Å². The summed E-state index contributed by atoms with van der Waals surface area (Å²) in [6.45, 7) is 1.97. The first-order valence-electron chi connectivity index (χ1n) is 2.76. The Morgan fingerprint density at radius 1 is 1.18 bits per heavy atom. The number of phenolic OH excluding ortho intramolecular Hbond substituents is 1. The van der Waals surface area contributed by atoms with Gasteiger partial charge in [-0.2, -0.15) is 0 Å². The van der Waals surface area contributed by atoms with Gasteiger partial charge in [0.05, 0.1) is 8.95 Å². The van der Waals surface area contributed by atoms with Crippen molar-refractivity contribution in [3.63, 3.8) is 0 Å². The number of hydrogen-bond donors (Lipinski definition) is 1. The highest BCUT2D eigenvalue weighted by Crippen LogP contribution is 2.32. The van der Waals surface area contributed by atoms with Gasteiger partial charge in [-0.3, -0.25) is 0 Å². The van der Waals surface area contributed by atoms with Gasteiger partial charge in [0.25, 0.3) is 0 Å². The molecule has 0 fully saturated rings. The topological polar surface area (TPSA) is 20.2 Å². The molecule has 0 saturated heterocycles. The molecule has 3 heteroatoms. The molecule has 0 bridgehead atoms. The minimum Gasteiger partial charge on any atom is -0.506 e. The fraction of sp³-hybridized carbons (Fsp3) is 0.250. The summed E-state index contributed by atoms with van der Waals surface area (Å²) >= 11 is 6.43. The largest absolute Gasteiger partial charge is 0.506 e. The maximum atomic E-state index is 9.24. The fourth-order valence-electron chi connectivity index (χ4n) is 0.692. The second kappa shape index (κ2) is 4.12. The molecule has 0 saturated carbocycles. The third kappa shape index (κ3) is 2.49. The lowest BCUT2D eigenvalue weighted by molar-refractivity contribution is 0.468. The zero-order valence-electron chi connectivity index (χ0n) is 5.36. The summed E-state index contributed by atoms with van der Waals surface area (Å²) in [7, 11) is 0. The molecule has 0 unspecified atom stereocenters. The van der Waals surface area contributed by atoms with Crippen LogP contribution in [0, 0.1) is 6.92 Å². The maximum absolute atomic E-state index is 9.24. The second-order valence-electron chi connectivity index (χ2n) is 2.08. The Morgan fingerprint density at radius 3 is 1.91 bits per heavy atom. The van der Waals surface area contributed by atoms with Crippen molar-refractivity contribution in [1.29, 1.82) is 0 Å². The summed E-state index contributed by atoms with van der Waals surface area (Å²) in [6.07, 6.45) is 0. The van der Waals surface area contributed by atoms with Gasteiger partial charge in [-0.15, -0.1) is 0 Å². The normalized spacial score (nSPS) is 9.00. The molecule has 0 aliphatic carbocycles. The van der Waals surface area contributed by atoms with Gasteiger partial charge in [0.2, 0.25) is 0 Å². The first-order chi connectivity index (χ1) is 4.61. The summed E-state index contributed by atoms with van der Waals surface area (Å²) in [5.41, 5.74) is 1.11. The lowest BCUT2D eigenvalue weighted by atomic mass is 10.2. The predicted octanol–water partition coefficient (Wildman–Crippen LogP) is 3.86. The Bertz CT molecular complexity index is 235. The van der Waals surface area contributed by atoms with Crippen molar-refractivity contribution >= 4 is 31.9 Å².